The van der Waals surface area contributed by atoms with Gasteiger partial charge in [0.05, 0.1) is 6.54 Å². The molecule has 0 aliphatic carbocycles. The molecule has 2 aromatic carbocycles. The number of hydrogen-bond donors (Lipinski definition) is 4. The molecule has 3 rings (SSSR count). The molecule has 0 radical (unpaired) electrons. The molecule has 1 unspecified atom stereocenters. The van der Waals surface area contributed by atoms with E-state index in [1.165, 1.54) is 0 Å². The van der Waals surface area contributed by atoms with Crippen LogP contribution in [0.25, 0.3) is 0 Å². The van der Waals surface area contributed by atoms with Gasteiger partial charge in [-0.25, -0.2) is 0 Å². The first-order chi connectivity index (χ1) is 13.2. The third-order valence-corrected chi connectivity index (χ3v) is 4.54. The smallest absolute Gasteiger partial charge is 0.225 e. The Morgan fingerprint density at radius 2 is 2.04 bits per heavy atom. The molecular formula is C21H27IN4O2. The monoisotopic (exact) mass is 494 g/mol. The second kappa shape index (κ2) is 10.9. The van der Waals surface area contributed by atoms with Crippen LogP contribution < -0.4 is 16.0 Å². The molecular weight excluding hydrogens is 467 g/mol. The molecule has 1 atom stereocenters. The molecule has 28 heavy (non-hydrogen) atoms. The number of phenolic OH excluding ortho intramolecular Hbond substituents is 1. The van der Waals surface area contributed by atoms with Gasteiger partial charge in [-0.2, -0.15) is 0 Å². The summed E-state index contributed by atoms with van der Waals surface area (Å²) in [5.74, 6) is 1.13. The molecule has 0 saturated carbocycles. The van der Waals surface area contributed by atoms with Gasteiger partial charge < -0.3 is 21.1 Å². The topological polar surface area (TPSA) is 85.8 Å². The summed E-state index contributed by atoms with van der Waals surface area (Å²) in [5.41, 5.74) is 3.09. The minimum absolute atomic E-state index is 0. The average molecular weight is 494 g/mol. The van der Waals surface area contributed by atoms with Gasteiger partial charge in [0.25, 0.3) is 0 Å². The van der Waals surface area contributed by atoms with E-state index in [-0.39, 0.29) is 41.6 Å². The van der Waals surface area contributed by atoms with Crippen LogP contribution in [-0.2, 0) is 11.2 Å². The maximum atomic E-state index is 12.0. The Morgan fingerprint density at radius 1 is 1.21 bits per heavy atom. The number of benzene rings is 2. The second-order valence-corrected chi connectivity index (χ2v) is 6.60. The number of nitrogens with zero attached hydrogens (tertiary/aromatic N) is 1. The summed E-state index contributed by atoms with van der Waals surface area (Å²) in [7, 11) is 0. The number of carbonyl (C=O) groups excluding carboxylic acids is 1. The van der Waals surface area contributed by atoms with Crippen molar-refractivity contribution in [2.45, 2.75) is 25.7 Å². The summed E-state index contributed by atoms with van der Waals surface area (Å²) < 4.78 is 0. The van der Waals surface area contributed by atoms with Crippen LogP contribution in [-0.4, -0.2) is 36.6 Å². The van der Waals surface area contributed by atoms with Crippen molar-refractivity contribution in [1.82, 2.24) is 10.6 Å². The summed E-state index contributed by atoms with van der Waals surface area (Å²) in [6.07, 6.45) is 1.23. The third kappa shape index (κ3) is 6.12. The molecule has 4 N–H and O–H groups in total. The van der Waals surface area contributed by atoms with Crippen molar-refractivity contribution in [2.75, 3.05) is 25.0 Å². The highest BCUT2D eigenvalue weighted by molar-refractivity contribution is 14.0. The number of carbonyl (C=O) groups is 1. The first kappa shape index (κ1) is 22.0. The van der Waals surface area contributed by atoms with Crippen molar-refractivity contribution >= 4 is 41.5 Å². The first-order valence-corrected chi connectivity index (χ1v) is 9.34. The molecule has 0 aromatic heterocycles. The molecule has 1 heterocycles. The quantitative estimate of drug-likeness (QED) is 0.282. The number of guanidine groups is 1. The molecule has 1 aliphatic heterocycles. The minimum atomic E-state index is 0. The zero-order valence-electron chi connectivity index (χ0n) is 15.9. The number of aliphatic imine (C=N–C) groups is 1. The number of nitrogens with one attached hydrogen (secondary N) is 3. The fourth-order valence-electron chi connectivity index (χ4n) is 3.25. The number of hydrogen-bond acceptors (Lipinski definition) is 3. The van der Waals surface area contributed by atoms with Crippen molar-refractivity contribution < 1.29 is 9.90 Å². The van der Waals surface area contributed by atoms with Crippen LogP contribution in [0, 0.1) is 0 Å². The number of fused-ring (bicyclic) bond motifs is 1. The summed E-state index contributed by atoms with van der Waals surface area (Å²) >= 11 is 0. The van der Waals surface area contributed by atoms with Crippen LogP contribution in [0.2, 0.25) is 0 Å². The van der Waals surface area contributed by atoms with E-state index in [1.54, 1.807) is 12.1 Å². The molecule has 0 bridgehead atoms. The predicted molar refractivity (Wildman–Crippen MR) is 124 cm³/mol. The van der Waals surface area contributed by atoms with Crippen molar-refractivity contribution in [3.05, 3.63) is 59.7 Å². The van der Waals surface area contributed by atoms with E-state index in [0.29, 0.717) is 19.5 Å². The minimum Gasteiger partial charge on any atom is -0.508 e. The number of para-hydroxylation sites is 1. The molecule has 0 saturated heterocycles. The third-order valence-electron chi connectivity index (χ3n) is 4.54. The molecule has 6 nitrogen and oxygen atoms in total. The van der Waals surface area contributed by atoms with Crippen LogP contribution >= 0.6 is 24.0 Å². The highest BCUT2D eigenvalue weighted by Crippen LogP contribution is 2.31. The zero-order chi connectivity index (χ0) is 19.1. The summed E-state index contributed by atoms with van der Waals surface area (Å²) in [6, 6.07) is 15.2. The summed E-state index contributed by atoms with van der Waals surface area (Å²) in [4.78, 5) is 16.6. The summed E-state index contributed by atoms with van der Waals surface area (Å²) in [5, 5.41) is 19.0. The van der Waals surface area contributed by atoms with Crippen LogP contribution in [0.3, 0.4) is 0 Å². The maximum absolute atomic E-state index is 12.0. The van der Waals surface area contributed by atoms with Gasteiger partial charge in [0.2, 0.25) is 5.91 Å². The standard InChI is InChI=1S/C21H26N4O2.HI/c1-2-22-21(23-11-10-15-6-5-7-17(26)12-15)24-14-16-13-20(27)25-19-9-4-3-8-18(16)19;/h3-9,12,16,26H,2,10-11,13-14H2,1H3,(H,25,27)(H2,22,23,24);1H. The number of anilines is 1. The Balaban J connectivity index is 0.00000280. The van der Waals surface area contributed by atoms with E-state index in [2.05, 4.69) is 27.0 Å². The number of aromatic hydroxyl groups is 1. The fourth-order valence-corrected chi connectivity index (χ4v) is 3.25. The maximum Gasteiger partial charge on any atom is 0.225 e. The average Bonchev–Trinajstić information content (AvgIpc) is 2.66. The molecule has 0 spiro atoms. The zero-order valence-corrected chi connectivity index (χ0v) is 18.3. The van der Waals surface area contributed by atoms with Gasteiger partial charge in [0.1, 0.15) is 5.75 Å². The van der Waals surface area contributed by atoms with Gasteiger partial charge in [0, 0.05) is 31.1 Å². The van der Waals surface area contributed by atoms with Gasteiger partial charge in [-0.05, 0) is 42.7 Å². The van der Waals surface area contributed by atoms with Crippen molar-refractivity contribution in [3.8, 4) is 5.75 Å². The molecule has 2 aromatic rings. The van der Waals surface area contributed by atoms with Gasteiger partial charge in [0.15, 0.2) is 5.96 Å². The largest absolute Gasteiger partial charge is 0.508 e. The van der Waals surface area contributed by atoms with E-state index < -0.39 is 0 Å². The van der Waals surface area contributed by atoms with E-state index in [0.717, 1.165) is 35.7 Å². The molecule has 1 amide bonds. The number of phenols is 1. The van der Waals surface area contributed by atoms with Crippen molar-refractivity contribution in [1.29, 1.82) is 0 Å². The van der Waals surface area contributed by atoms with E-state index >= 15 is 0 Å². The normalized spacial score (nSPS) is 15.8. The van der Waals surface area contributed by atoms with Crippen molar-refractivity contribution in [2.24, 2.45) is 4.99 Å². The van der Waals surface area contributed by atoms with Gasteiger partial charge in [-0.1, -0.05) is 30.3 Å². The Bertz CT molecular complexity index is 826. The lowest BCUT2D eigenvalue weighted by Gasteiger charge is -2.24. The predicted octanol–water partition coefficient (Wildman–Crippen LogP) is 3.23. The highest BCUT2D eigenvalue weighted by atomic mass is 127. The lowest BCUT2D eigenvalue weighted by molar-refractivity contribution is -0.116. The fraction of sp³-hybridized carbons (Fsp3) is 0.333. The molecule has 7 heteroatoms. The number of rotatable bonds is 6. The van der Waals surface area contributed by atoms with Crippen LogP contribution in [0.15, 0.2) is 53.5 Å². The molecule has 1 aliphatic rings. The van der Waals surface area contributed by atoms with Crippen LogP contribution in [0.1, 0.15) is 30.4 Å². The second-order valence-electron chi connectivity index (χ2n) is 6.60. The number of amides is 1. The van der Waals surface area contributed by atoms with E-state index in [1.807, 2.05) is 37.3 Å². The number of halogens is 1. The lowest BCUT2D eigenvalue weighted by Crippen LogP contribution is -2.38. The summed E-state index contributed by atoms with van der Waals surface area (Å²) in [6.45, 7) is 4.04. The Hall–Kier alpha value is -2.29. The SMILES string of the molecule is CCNC(=NCC1CC(=O)Nc2ccccc21)NCCc1cccc(O)c1.I. The van der Waals surface area contributed by atoms with Gasteiger partial charge in [-0.15, -0.1) is 24.0 Å². The van der Waals surface area contributed by atoms with Crippen molar-refractivity contribution in [3.63, 3.8) is 0 Å². The Morgan fingerprint density at radius 3 is 2.82 bits per heavy atom. The highest BCUT2D eigenvalue weighted by Gasteiger charge is 2.24. The Labute approximate surface area is 182 Å². The van der Waals surface area contributed by atoms with Crippen LogP contribution in [0.5, 0.6) is 5.75 Å². The van der Waals surface area contributed by atoms with E-state index in [4.69, 9.17) is 0 Å². The van der Waals surface area contributed by atoms with Gasteiger partial charge in [-0.3, -0.25) is 9.79 Å². The lowest BCUT2D eigenvalue weighted by atomic mass is 9.91. The first-order valence-electron chi connectivity index (χ1n) is 9.34. The van der Waals surface area contributed by atoms with Gasteiger partial charge >= 0.3 is 0 Å². The van der Waals surface area contributed by atoms with Crippen LogP contribution in [0.4, 0.5) is 5.69 Å². The molecule has 0 fully saturated rings. The Kier molecular flexibility index (Phi) is 8.56. The molecule has 150 valence electrons. The van der Waals surface area contributed by atoms with E-state index in [9.17, 15) is 9.90 Å².